The van der Waals surface area contributed by atoms with Crippen molar-refractivity contribution in [3.8, 4) is 0 Å². The molecule has 0 unspecified atom stereocenters. The fraction of sp³-hybridized carbons (Fsp3) is 0.211. The van der Waals surface area contributed by atoms with Crippen molar-refractivity contribution in [3.63, 3.8) is 0 Å². The third kappa shape index (κ3) is 4.29. The molecule has 0 atom stereocenters. The molecule has 25 heavy (non-hydrogen) atoms. The number of rotatable bonds is 6. The second kappa shape index (κ2) is 7.70. The first-order valence-electron chi connectivity index (χ1n) is 8.11. The second-order valence-electron chi connectivity index (χ2n) is 5.72. The van der Waals surface area contributed by atoms with Crippen molar-refractivity contribution in [3.05, 3.63) is 76.0 Å². The van der Waals surface area contributed by atoms with Crippen LogP contribution in [0.1, 0.15) is 17.7 Å². The van der Waals surface area contributed by atoms with Crippen LogP contribution in [0.2, 0.25) is 0 Å². The van der Waals surface area contributed by atoms with E-state index in [1.165, 1.54) is 6.07 Å². The van der Waals surface area contributed by atoms with Gasteiger partial charge in [0, 0.05) is 19.4 Å². The fourth-order valence-corrected chi connectivity index (χ4v) is 2.59. The van der Waals surface area contributed by atoms with Gasteiger partial charge in [-0.1, -0.05) is 30.3 Å². The Labute approximate surface area is 143 Å². The molecule has 0 aliphatic carbocycles. The molecule has 0 radical (unpaired) electrons. The molecule has 1 amide bonds. The van der Waals surface area contributed by atoms with Gasteiger partial charge in [-0.2, -0.15) is 0 Å². The Hall–Kier alpha value is -3.02. The maximum Gasteiger partial charge on any atom is 0.270 e. The number of para-hydroxylation sites is 2. The van der Waals surface area contributed by atoms with E-state index in [1.807, 2.05) is 18.2 Å². The number of benzene rings is 2. The predicted molar refractivity (Wildman–Crippen MR) is 93.8 cm³/mol. The fourth-order valence-electron chi connectivity index (χ4n) is 2.59. The predicted octanol–water partition coefficient (Wildman–Crippen LogP) is 2.35. The summed E-state index contributed by atoms with van der Waals surface area (Å²) in [6.45, 7) is 0.348. The maximum absolute atomic E-state index is 13.5. The van der Waals surface area contributed by atoms with Gasteiger partial charge in [-0.05, 0) is 30.2 Å². The zero-order valence-corrected chi connectivity index (χ0v) is 13.6. The Morgan fingerprint density at radius 3 is 2.68 bits per heavy atom. The molecule has 2 aromatic carbocycles. The summed E-state index contributed by atoms with van der Waals surface area (Å²) in [6.07, 6.45) is 0.838. The average molecular weight is 339 g/mol. The van der Waals surface area contributed by atoms with Crippen molar-refractivity contribution in [2.75, 3.05) is 6.54 Å². The number of carbonyl (C=O) groups excluding carboxylic acids is 1. The number of aromatic nitrogens is 2. The molecule has 128 valence electrons. The molecular weight excluding hydrogens is 321 g/mol. The topological polar surface area (TPSA) is 74.8 Å². The van der Waals surface area contributed by atoms with E-state index in [4.69, 9.17) is 0 Å². The zero-order chi connectivity index (χ0) is 17.6. The van der Waals surface area contributed by atoms with Crippen LogP contribution in [-0.2, 0) is 17.6 Å². The van der Waals surface area contributed by atoms with Crippen LogP contribution in [0.4, 0.5) is 4.39 Å². The standard InChI is InChI=1S/C19H18FN3O2/c20-14-6-2-1-5-13(14)11-12-21-18(24)10-9-17-19(25)23-16-8-4-3-7-15(16)22-17/h1-8H,9-12H2,(H,21,24)(H,23,25). The Kier molecular flexibility index (Phi) is 5.18. The van der Waals surface area contributed by atoms with E-state index in [0.717, 1.165) is 0 Å². The first-order valence-corrected chi connectivity index (χ1v) is 8.11. The Balaban J connectivity index is 1.53. The van der Waals surface area contributed by atoms with Gasteiger partial charge in [-0.3, -0.25) is 9.59 Å². The molecule has 0 spiro atoms. The van der Waals surface area contributed by atoms with Gasteiger partial charge in [0.2, 0.25) is 5.91 Å². The monoisotopic (exact) mass is 339 g/mol. The van der Waals surface area contributed by atoms with Gasteiger partial charge in [0.15, 0.2) is 0 Å². The van der Waals surface area contributed by atoms with Crippen LogP contribution in [0, 0.1) is 5.82 Å². The van der Waals surface area contributed by atoms with E-state index in [1.54, 1.807) is 24.3 Å². The van der Waals surface area contributed by atoms with E-state index >= 15 is 0 Å². The molecule has 1 aromatic heterocycles. The van der Waals surface area contributed by atoms with Crippen LogP contribution in [0.5, 0.6) is 0 Å². The minimum Gasteiger partial charge on any atom is -0.356 e. The summed E-state index contributed by atoms with van der Waals surface area (Å²) >= 11 is 0. The highest BCUT2D eigenvalue weighted by atomic mass is 19.1. The number of aromatic amines is 1. The molecule has 0 bridgehead atoms. The molecule has 3 rings (SSSR count). The van der Waals surface area contributed by atoms with Crippen LogP contribution in [0.15, 0.2) is 53.3 Å². The van der Waals surface area contributed by atoms with Gasteiger partial charge >= 0.3 is 0 Å². The SMILES string of the molecule is O=C(CCc1nc2ccccc2[nH]c1=O)NCCc1ccccc1F. The molecule has 3 aromatic rings. The molecule has 0 fully saturated rings. The van der Waals surface area contributed by atoms with Gasteiger partial charge < -0.3 is 10.3 Å². The third-order valence-corrected chi connectivity index (χ3v) is 3.93. The van der Waals surface area contributed by atoms with Crippen molar-refractivity contribution in [1.82, 2.24) is 15.3 Å². The summed E-state index contributed by atoms with van der Waals surface area (Å²) in [6, 6.07) is 13.7. The molecule has 0 aliphatic heterocycles. The number of amides is 1. The van der Waals surface area contributed by atoms with Crippen molar-refractivity contribution in [1.29, 1.82) is 0 Å². The molecule has 0 saturated carbocycles. The number of hydrogen-bond donors (Lipinski definition) is 2. The molecule has 5 nitrogen and oxygen atoms in total. The normalized spacial score (nSPS) is 10.8. The molecule has 1 heterocycles. The molecule has 0 saturated heterocycles. The van der Waals surface area contributed by atoms with Crippen molar-refractivity contribution in [2.45, 2.75) is 19.3 Å². The lowest BCUT2D eigenvalue weighted by Gasteiger charge is -2.06. The van der Waals surface area contributed by atoms with Crippen LogP contribution >= 0.6 is 0 Å². The van der Waals surface area contributed by atoms with E-state index in [2.05, 4.69) is 15.3 Å². The third-order valence-electron chi connectivity index (χ3n) is 3.93. The van der Waals surface area contributed by atoms with E-state index < -0.39 is 0 Å². The first-order chi connectivity index (χ1) is 12.1. The highest BCUT2D eigenvalue weighted by Crippen LogP contribution is 2.07. The van der Waals surface area contributed by atoms with E-state index in [9.17, 15) is 14.0 Å². The lowest BCUT2D eigenvalue weighted by molar-refractivity contribution is -0.121. The molecule has 0 aliphatic rings. The molecular formula is C19H18FN3O2. The van der Waals surface area contributed by atoms with Crippen LogP contribution in [0.25, 0.3) is 11.0 Å². The van der Waals surface area contributed by atoms with E-state index in [-0.39, 0.29) is 30.1 Å². The number of nitrogens with one attached hydrogen (secondary N) is 2. The number of nitrogens with zero attached hydrogens (tertiary/aromatic N) is 1. The Morgan fingerprint density at radius 1 is 1.08 bits per heavy atom. The number of H-pyrrole nitrogens is 1. The highest BCUT2D eigenvalue weighted by molar-refractivity contribution is 5.76. The van der Waals surface area contributed by atoms with Gasteiger partial charge in [-0.15, -0.1) is 0 Å². The Bertz CT molecular complexity index is 953. The largest absolute Gasteiger partial charge is 0.356 e. The Morgan fingerprint density at radius 2 is 1.84 bits per heavy atom. The minimum atomic E-state index is -0.280. The summed E-state index contributed by atoms with van der Waals surface area (Å²) < 4.78 is 13.5. The average Bonchev–Trinajstić information content (AvgIpc) is 2.61. The lowest BCUT2D eigenvalue weighted by atomic mass is 10.1. The van der Waals surface area contributed by atoms with Crippen molar-refractivity contribution >= 4 is 16.9 Å². The minimum absolute atomic E-state index is 0.158. The zero-order valence-electron chi connectivity index (χ0n) is 13.6. The number of carbonyl (C=O) groups is 1. The summed E-state index contributed by atoms with van der Waals surface area (Å²) in [5, 5.41) is 2.74. The number of hydrogen-bond acceptors (Lipinski definition) is 3. The number of fused-ring (bicyclic) bond motifs is 1. The number of halogens is 1. The van der Waals surface area contributed by atoms with Gasteiger partial charge in [0.05, 0.1) is 11.0 Å². The molecule has 6 heteroatoms. The lowest BCUT2D eigenvalue weighted by Crippen LogP contribution is -2.27. The van der Waals surface area contributed by atoms with Crippen molar-refractivity contribution in [2.24, 2.45) is 0 Å². The van der Waals surface area contributed by atoms with Gasteiger partial charge in [-0.25, -0.2) is 9.37 Å². The summed E-state index contributed by atoms with van der Waals surface area (Å²) in [7, 11) is 0. The summed E-state index contributed by atoms with van der Waals surface area (Å²) in [4.78, 5) is 31.0. The van der Waals surface area contributed by atoms with Gasteiger partial charge in [0.1, 0.15) is 11.5 Å². The highest BCUT2D eigenvalue weighted by Gasteiger charge is 2.08. The van der Waals surface area contributed by atoms with Crippen LogP contribution in [-0.4, -0.2) is 22.4 Å². The van der Waals surface area contributed by atoms with Crippen LogP contribution in [0.3, 0.4) is 0 Å². The number of aryl methyl sites for hydroxylation is 1. The smallest absolute Gasteiger partial charge is 0.270 e. The quantitative estimate of drug-likeness (QED) is 0.724. The second-order valence-corrected chi connectivity index (χ2v) is 5.72. The van der Waals surface area contributed by atoms with Crippen molar-refractivity contribution < 1.29 is 9.18 Å². The van der Waals surface area contributed by atoms with E-state index in [0.29, 0.717) is 35.3 Å². The summed E-state index contributed by atoms with van der Waals surface area (Å²) in [5.74, 6) is -0.464. The first kappa shape index (κ1) is 16.8. The maximum atomic E-state index is 13.5. The van der Waals surface area contributed by atoms with Gasteiger partial charge in [0.25, 0.3) is 5.56 Å². The molecule has 2 N–H and O–H groups in total. The van der Waals surface area contributed by atoms with Crippen LogP contribution < -0.4 is 10.9 Å². The summed E-state index contributed by atoms with van der Waals surface area (Å²) in [5.41, 5.74) is 1.99.